The lowest BCUT2D eigenvalue weighted by atomic mass is 10.0. The average Bonchev–Trinajstić information content (AvgIpc) is 2.91. The molecule has 106 valence electrons. The second kappa shape index (κ2) is 6.37. The molecule has 6 heteroatoms. The number of nitrogen functional groups attached to an aromatic ring is 1. The number of carbonyl (C=O) groups excluding carboxylic acids is 1. The van der Waals surface area contributed by atoms with Crippen LogP contribution in [0, 0.1) is 5.92 Å². The van der Waals surface area contributed by atoms with Gasteiger partial charge in [-0.1, -0.05) is 19.9 Å². The highest BCUT2D eigenvalue weighted by atomic mass is 79.9. The maximum Gasteiger partial charge on any atom is 0.255 e. The highest BCUT2D eigenvalue weighted by Crippen LogP contribution is 2.26. The first kappa shape index (κ1) is 15.0. The summed E-state index contributed by atoms with van der Waals surface area (Å²) in [6.07, 6.45) is 1.57. The van der Waals surface area contributed by atoms with Crippen LogP contribution in [0.15, 0.2) is 34.2 Å². The number of halogens is 1. The molecule has 0 aliphatic heterocycles. The molecule has 0 aliphatic carbocycles. The average molecular weight is 354 g/mol. The van der Waals surface area contributed by atoms with Crippen molar-refractivity contribution >= 4 is 39.0 Å². The van der Waals surface area contributed by atoms with Crippen molar-refractivity contribution < 1.29 is 4.79 Å². The lowest BCUT2D eigenvalue weighted by molar-refractivity contribution is 0.0927. The van der Waals surface area contributed by atoms with Gasteiger partial charge in [-0.2, -0.15) is 0 Å². The number of nitrogens with one attached hydrogen (secondary N) is 1. The van der Waals surface area contributed by atoms with E-state index in [0.29, 0.717) is 11.5 Å². The van der Waals surface area contributed by atoms with Gasteiger partial charge in [-0.05, 0) is 39.4 Å². The molecule has 0 aliphatic rings. The van der Waals surface area contributed by atoms with Crippen molar-refractivity contribution in [1.82, 2.24) is 10.3 Å². The van der Waals surface area contributed by atoms with Gasteiger partial charge in [0.2, 0.25) is 0 Å². The normalized spacial score (nSPS) is 12.4. The van der Waals surface area contributed by atoms with E-state index in [2.05, 4.69) is 40.1 Å². The van der Waals surface area contributed by atoms with Gasteiger partial charge in [-0.15, -0.1) is 11.3 Å². The summed E-state index contributed by atoms with van der Waals surface area (Å²) in [5.41, 5.74) is 6.16. The molecule has 0 radical (unpaired) electrons. The zero-order valence-corrected chi connectivity index (χ0v) is 13.7. The number of pyridine rings is 1. The van der Waals surface area contributed by atoms with Crippen molar-refractivity contribution in [2.45, 2.75) is 19.9 Å². The van der Waals surface area contributed by atoms with Crippen LogP contribution in [0.2, 0.25) is 0 Å². The number of thiophene rings is 1. The van der Waals surface area contributed by atoms with E-state index in [0.717, 1.165) is 9.35 Å². The van der Waals surface area contributed by atoms with Crippen molar-refractivity contribution in [3.8, 4) is 0 Å². The fourth-order valence-electron chi connectivity index (χ4n) is 1.89. The Morgan fingerprint density at radius 2 is 2.25 bits per heavy atom. The second-order valence-electron chi connectivity index (χ2n) is 4.80. The van der Waals surface area contributed by atoms with Crippen molar-refractivity contribution in [1.29, 1.82) is 0 Å². The molecule has 3 N–H and O–H groups in total. The SMILES string of the molecule is CC(C)C(NC(=O)c1cc(Br)cnc1N)c1cccs1. The topological polar surface area (TPSA) is 68.0 Å². The molecule has 20 heavy (non-hydrogen) atoms. The molecule has 2 aromatic heterocycles. The van der Waals surface area contributed by atoms with Crippen LogP contribution in [0.25, 0.3) is 0 Å². The monoisotopic (exact) mass is 353 g/mol. The highest BCUT2D eigenvalue weighted by Gasteiger charge is 2.21. The largest absolute Gasteiger partial charge is 0.383 e. The summed E-state index contributed by atoms with van der Waals surface area (Å²) in [6.45, 7) is 4.15. The van der Waals surface area contributed by atoms with E-state index in [1.54, 1.807) is 23.6 Å². The maximum absolute atomic E-state index is 12.4. The van der Waals surface area contributed by atoms with Crippen molar-refractivity contribution in [2.24, 2.45) is 5.92 Å². The molecule has 0 saturated carbocycles. The quantitative estimate of drug-likeness (QED) is 0.881. The zero-order chi connectivity index (χ0) is 14.7. The van der Waals surface area contributed by atoms with Crippen LogP contribution in [0.3, 0.4) is 0 Å². The number of anilines is 1. The summed E-state index contributed by atoms with van der Waals surface area (Å²) in [5.74, 6) is 0.321. The summed E-state index contributed by atoms with van der Waals surface area (Å²) in [7, 11) is 0. The minimum absolute atomic E-state index is 0.0270. The number of hydrogen-bond donors (Lipinski definition) is 2. The zero-order valence-electron chi connectivity index (χ0n) is 11.3. The fraction of sp³-hybridized carbons (Fsp3) is 0.286. The summed E-state index contributed by atoms with van der Waals surface area (Å²) >= 11 is 4.94. The van der Waals surface area contributed by atoms with Gasteiger partial charge >= 0.3 is 0 Å². The molecule has 0 aromatic carbocycles. The molecule has 1 unspecified atom stereocenters. The Hall–Kier alpha value is -1.40. The fourth-order valence-corrected chi connectivity index (χ4v) is 3.17. The number of nitrogens with two attached hydrogens (primary N) is 1. The van der Waals surface area contributed by atoms with Crippen LogP contribution in [0.1, 0.15) is 35.1 Å². The van der Waals surface area contributed by atoms with Gasteiger partial charge < -0.3 is 11.1 Å². The molecule has 1 atom stereocenters. The molecule has 0 spiro atoms. The summed E-state index contributed by atoms with van der Waals surface area (Å²) < 4.78 is 0.731. The van der Waals surface area contributed by atoms with Gasteiger partial charge in [-0.25, -0.2) is 4.98 Å². The Morgan fingerprint density at radius 3 is 2.85 bits per heavy atom. The number of aromatic nitrogens is 1. The maximum atomic E-state index is 12.4. The molecule has 2 heterocycles. The molecule has 0 fully saturated rings. The number of hydrogen-bond acceptors (Lipinski definition) is 4. The highest BCUT2D eigenvalue weighted by molar-refractivity contribution is 9.10. The molecular weight excluding hydrogens is 338 g/mol. The second-order valence-corrected chi connectivity index (χ2v) is 6.69. The number of rotatable bonds is 4. The first-order chi connectivity index (χ1) is 9.49. The van der Waals surface area contributed by atoms with Gasteiger partial charge in [0.25, 0.3) is 5.91 Å². The van der Waals surface area contributed by atoms with Crippen molar-refractivity contribution in [3.05, 3.63) is 44.7 Å². The lowest BCUT2D eigenvalue weighted by Gasteiger charge is -2.21. The van der Waals surface area contributed by atoms with Crippen molar-refractivity contribution in [2.75, 3.05) is 5.73 Å². The van der Waals surface area contributed by atoms with Crippen LogP contribution >= 0.6 is 27.3 Å². The van der Waals surface area contributed by atoms with Gasteiger partial charge in [0, 0.05) is 15.5 Å². The van der Waals surface area contributed by atoms with E-state index < -0.39 is 0 Å². The van der Waals surface area contributed by atoms with Crippen LogP contribution < -0.4 is 11.1 Å². The Labute approximate surface area is 130 Å². The molecular formula is C14H16BrN3OS. The molecule has 2 rings (SSSR count). The van der Waals surface area contributed by atoms with Crippen LogP contribution in [-0.2, 0) is 0 Å². The predicted molar refractivity (Wildman–Crippen MR) is 85.7 cm³/mol. The molecule has 1 amide bonds. The first-order valence-corrected chi connectivity index (χ1v) is 7.91. The molecule has 0 saturated heterocycles. The Bertz CT molecular complexity index is 598. The predicted octanol–water partition coefficient (Wildman–Crippen LogP) is 3.61. The van der Waals surface area contributed by atoms with E-state index in [1.807, 2.05) is 17.5 Å². The molecule has 0 bridgehead atoms. The summed E-state index contributed by atoms with van der Waals surface area (Å²) in [5, 5.41) is 5.04. The minimum atomic E-state index is -0.205. The number of amides is 1. The lowest BCUT2D eigenvalue weighted by Crippen LogP contribution is -2.31. The van der Waals surface area contributed by atoms with Crippen LogP contribution in [0.4, 0.5) is 5.82 Å². The number of carbonyl (C=O) groups is 1. The summed E-state index contributed by atoms with van der Waals surface area (Å²) in [6, 6.07) is 5.67. The van der Waals surface area contributed by atoms with Gasteiger partial charge in [0.1, 0.15) is 5.82 Å². The van der Waals surface area contributed by atoms with Crippen LogP contribution in [0.5, 0.6) is 0 Å². The minimum Gasteiger partial charge on any atom is -0.383 e. The van der Waals surface area contributed by atoms with Gasteiger partial charge in [0.15, 0.2) is 0 Å². The Morgan fingerprint density at radius 1 is 1.50 bits per heavy atom. The van der Waals surface area contributed by atoms with Gasteiger partial charge in [-0.3, -0.25) is 4.79 Å². The van der Waals surface area contributed by atoms with Crippen molar-refractivity contribution in [3.63, 3.8) is 0 Å². The van der Waals surface area contributed by atoms with E-state index in [-0.39, 0.29) is 17.8 Å². The van der Waals surface area contributed by atoms with E-state index >= 15 is 0 Å². The third-order valence-corrected chi connectivity index (χ3v) is 4.32. The first-order valence-electron chi connectivity index (χ1n) is 6.24. The standard InChI is InChI=1S/C14H16BrN3OS/c1-8(2)12(11-4-3-5-20-11)18-14(19)10-6-9(15)7-17-13(10)16/h3-8,12H,1-2H3,(H2,16,17)(H,18,19). The van der Waals surface area contributed by atoms with E-state index in [9.17, 15) is 4.79 Å². The Balaban J connectivity index is 2.23. The van der Waals surface area contributed by atoms with Gasteiger partial charge in [0.05, 0.1) is 11.6 Å². The summed E-state index contributed by atoms with van der Waals surface area (Å²) in [4.78, 5) is 17.5. The van der Waals surface area contributed by atoms with Crippen LogP contribution in [-0.4, -0.2) is 10.9 Å². The Kier molecular flexibility index (Phi) is 4.77. The van der Waals surface area contributed by atoms with E-state index in [4.69, 9.17) is 5.73 Å². The third-order valence-electron chi connectivity index (χ3n) is 2.93. The molecule has 4 nitrogen and oxygen atoms in total. The third kappa shape index (κ3) is 3.37. The molecule has 2 aromatic rings. The van der Waals surface area contributed by atoms with E-state index in [1.165, 1.54) is 0 Å². The number of nitrogens with zero attached hydrogens (tertiary/aromatic N) is 1. The smallest absolute Gasteiger partial charge is 0.255 e.